The fourth-order valence-corrected chi connectivity index (χ4v) is 6.55. The van der Waals surface area contributed by atoms with Crippen molar-refractivity contribution >= 4 is 0 Å². The zero-order valence-electron chi connectivity index (χ0n) is 13.7. The van der Waals surface area contributed by atoms with Gasteiger partial charge in [-0.25, -0.2) is 0 Å². The first kappa shape index (κ1) is 14.1. The second-order valence-electron chi connectivity index (χ2n) is 8.75. The Bertz CT molecular complexity index is 504. The van der Waals surface area contributed by atoms with Crippen LogP contribution in [0.1, 0.15) is 65.2 Å². The van der Waals surface area contributed by atoms with Crippen LogP contribution in [0.4, 0.5) is 0 Å². The minimum Gasteiger partial charge on any atom is -0.393 e. The van der Waals surface area contributed by atoms with Crippen LogP contribution in [0.3, 0.4) is 0 Å². The molecule has 0 radical (unpaired) electrons. The van der Waals surface area contributed by atoms with Gasteiger partial charge in [0.15, 0.2) is 0 Å². The van der Waals surface area contributed by atoms with Crippen LogP contribution in [0, 0.1) is 28.6 Å². The van der Waals surface area contributed by atoms with Crippen molar-refractivity contribution in [1.82, 2.24) is 0 Å². The third-order valence-electron chi connectivity index (χ3n) is 8.03. The lowest BCUT2D eigenvalue weighted by Crippen LogP contribution is -2.49. The number of allylic oxidation sites excluding steroid dienone is 2. The predicted molar refractivity (Wildman–Crippen MR) is 86.8 cm³/mol. The van der Waals surface area contributed by atoms with E-state index in [0.717, 1.165) is 30.6 Å². The molecule has 0 spiro atoms. The van der Waals surface area contributed by atoms with Gasteiger partial charge in [0.2, 0.25) is 0 Å². The average molecular weight is 286 g/mol. The van der Waals surface area contributed by atoms with E-state index in [4.69, 9.17) is 0 Å². The van der Waals surface area contributed by atoms with Gasteiger partial charge in [0.05, 0.1) is 6.10 Å². The molecular formula is C20H30O. The van der Waals surface area contributed by atoms with Crippen LogP contribution < -0.4 is 0 Å². The first-order chi connectivity index (χ1) is 9.95. The molecule has 0 heterocycles. The molecule has 0 bridgehead atoms. The first-order valence-electron chi connectivity index (χ1n) is 9.01. The lowest BCUT2D eigenvalue weighted by Gasteiger charge is -2.57. The summed E-state index contributed by atoms with van der Waals surface area (Å²) in [6, 6.07) is 0. The van der Waals surface area contributed by atoms with Gasteiger partial charge in [-0.2, -0.15) is 0 Å². The molecule has 4 aliphatic carbocycles. The zero-order chi connectivity index (χ0) is 14.8. The van der Waals surface area contributed by atoms with Crippen LogP contribution in [0.2, 0.25) is 0 Å². The number of aliphatic hydroxyl groups is 1. The Morgan fingerprint density at radius 1 is 1.10 bits per heavy atom. The summed E-state index contributed by atoms with van der Waals surface area (Å²) in [5, 5.41) is 10.0. The molecule has 4 aliphatic rings. The summed E-state index contributed by atoms with van der Waals surface area (Å²) in [6.07, 6.45) is 12.2. The zero-order valence-corrected chi connectivity index (χ0v) is 13.7. The van der Waals surface area contributed by atoms with Crippen molar-refractivity contribution in [2.45, 2.75) is 71.3 Å². The minimum atomic E-state index is -0.0824. The van der Waals surface area contributed by atoms with Gasteiger partial charge in [-0.05, 0) is 80.0 Å². The maximum absolute atomic E-state index is 10.0. The molecule has 1 nitrogen and oxygen atoms in total. The number of rotatable bonds is 0. The molecule has 0 aromatic carbocycles. The Kier molecular flexibility index (Phi) is 2.99. The smallest absolute Gasteiger partial charge is 0.0577 e. The van der Waals surface area contributed by atoms with Gasteiger partial charge < -0.3 is 5.11 Å². The predicted octanol–water partition coefficient (Wildman–Crippen LogP) is 4.87. The third kappa shape index (κ3) is 1.79. The molecule has 6 atom stereocenters. The van der Waals surface area contributed by atoms with Gasteiger partial charge in [-0.1, -0.05) is 37.6 Å². The van der Waals surface area contributed by atoms with Crippen molar-refractivity contribution in [3.05, 3.63) is 23.8 Å². The molecule has 0 aromatic heterocycles. The van der Waals surface area contributed by atoms with Crippen molar-refractivity contribution in [1.29, 1.82) is 0 Å². The summed E-state index contributed by atoms with van der Waals surface area (Å²) < 4.78 is 0. The molecule has 21 heavy (non-hydrogen) atoms. The SMILES string of the molecule is C=C1CCC2C3CC=C4C[C@@H](O)CC[C@]4(C)C3CC[C@]12C. The molecule has 3 unspecified atom stereocenters. The highest BCUT2D eigenvalue weighted by Crippen LogP contribution is 2.65. The van der Waals surface area contributed by atoms with E-state index in [0.29, 0.717) is 10.8 Å². The Balaban J connectivity index is 1.69. The van der Waals surface area contributed by atoms with E-state index in [1.807, 2.05) is 0 Å². The maximum atomic E-state index is 10.0. The molecular weight excluding hydrogens is 256 g/mol. The highest BCUT2D eigenvalue weighted by atomic mass is 16.3. The van der Waals surface area contributed by atoms with Crippen LogP contribution in [0.15, 0.2) is 23.8 Å². The number of fused-ring (bicyclic) bond motifs is 5. The van der Waals surface area contributed by atoms with E-state index in [-0.39, 0.29) is 6.10 Å². The van der Waals surface area contributed by atoms with E-state index >= 15 is 0 Å². The average Bonchev–Trinajstić information content (AvgIpc) is 2.76. The molecule has 3 fully saturated rings. The molecule has 1 N–H and O–H groups in total. The van der Waals surface area contributed by atoms with E-state index < -0.39 is 0 Å². The highest BCUT2D eigenvalue weighted by molar-refractivity contribution is 5.28. The van der Waals surface area contributed by atoms with Gasteiger partial charge in [0.1, 0.15) is 0 Å². The second-order valence-corrected chi connectivity index (χ2v) is 8.75. The summed E-state index contributed by atoms with van der Waals surface area (Å²) in [7, 11) is 0. The van der Waals surface area contributed by atoms with E-state index in [1.165, 1.54) is 44.1 Å². The van der Waals surface area contributed by atoms with Gasteiger partial charge in [0.25, 0.3) is 0 Å². The maximum Gasteiger partial charge on any atom is 0.0577 e. The molecule has 3 saturated carbocycles. The molecule has 0 amide bonds. The number of hydrogen-bond donors (Lipinski definition) is 1. The molecule has 0 aliphatic heterocycles. The van der Waals surface area contributed by atoms with E-state index in [9.17, 15) is 5.11 Å². The fraction of sp³-hybridized carbons (Fsp3) is 0.800. The summed E-state index contributed by atoms with van der Waals surface area (Å²) in [5.41, 5.74) is 3.93. The third-order valence-corrected chi connectivity index (χ3v) is 8.03. The van der Waals surface area contributed by atoms with Crippen molar-refractivity contribution in [2.24, 2.45) is 28.6 Å². The van der Waals surface area contributed by atoms with Crippen LogP contribution in [0.5, 0.6) is 0 Å². The Morgan fingerprint density at radius 2 is 1.81 bits per heavy atom. The molecule has 116 valence electrons. The molecule has 1 heteroatoms. The Labute approximate surface area is 129 Å². The Morgan fingerprint density at radius 3 is 2.62 bits per heavy atom. The lowest BCUT2D eigenvalue weighted by atomic mass is 9.48. The molecule has 0 aromatic rings. The monoisotopic (exact) mass is 286 g/mol. The Hall–Kier alpha value is -0.560. The van der Waals surface area contributed by atoms with Gasteiger partial charge in [0, 0.05) is 0 Å². The van der Waals surface area contributed by atoms with Gasteiger partial charge >= 0.3 is 0 Å². The van der Waals surface area contributed by atoms with Crippen LogP contribution >= 0.6 is 0 Å². The van der Waals surface area contributed by atoms with Crippen LogP contribution in [-0.4, -0.2) is 11.2 Å². The molecule has 4 rings (SSSR count). The van der Waals surface area contributed by atoms with E-state index in [2.05, 4.69) is 26.5 Å². The summed E-state index contributed by atoms with van der Waals surface area (Å²) in [6.45, 7) is 9.41. The van der Waals surface area contributed by atoms with Crippen LogP contribution in [0.25, 0.3) is 0 Å². The quantitative estimate of drug-likeness (QED) is 0.630. The highest BCUT2D eigenvalue weighted by Gasteiger charge is 2.56. The lowest BCUT2D eigenvalue weighted by molar-refractivity contribution is -0.0267. The second kappa shape index (κ2) is 4.47. The van der Waals surface area contributed by atoms with E-state index in [1.54, 1.807) is 5.57 Å². The fourth-order valence-electron chi connectivity index (χ4n) is 6.55. The summed E-state index contributed by atoms with van der Waals surface area (Å²) in [5.74, 6) is 2.59. The number of aliphatic hydroxyl groups excluding tert-OH is 1. The molecule has 0 saturated heterocycles. The standard InChI is InChI=1S/C20H30O/c1-13-4-7-17-16-6-5-14-12-15(21)8-10-20(14,3)18(16)9-11-19(13,17)2/h5,15-18,21H,1,4,6-12H2,2-3H3/t15-,16?,17?,18?,19+,20-/m0/s1. The van der Waals surface area contributed by atoms with Gasteiger partial charge in [-0.3, -0.25) is 0 Å². The number of hydrogen-bond acceptors (Lipinski definition) is 1. The van der Waals surface area contributed by atoms with Crippen molar-refractivity contribution in [2.75, 3.05) is 0 Å². The normalized spacial score (nSPS) is 52.7. The summed E-state index contributed by atoms with van der Waals surface area (Å²) in [4.78, 5) is 0. The first-order valence-corrected chi connectivity index (χ1v) is 9.01. The van der Waals surface area contributed by atoms with Crippen molar-refractivity contribution in [3.8, 4) is 0 Å². The minimum absolute atomic E-state index is 0.0824. The van der Waals surface area contributed by atoms with Crippen LogP contribution in [-0.2, 0) is 0 Å². The largest absolute Gasteiger partial charge is 0.393 e. The van der Waals surface area contributed by atoms with Gasteiger partial charge in [-0.15, -0.1) is 0 Å². The van der Waals surface area contributed by atoms with Crippen molar-refractivity contribution < 1.29 is 5.11 Å². The summed E-state index contributed by atoms with van der Waals surface area (Å²) >= 11 is 0. The van der Waals surface area contributed by atoms with Crippen molar-refractivity contribution in [3.63, 3.8) is 0 Å². The topological polar surface area (TPSA) is 20.2 Å².